The Hall–Kier alpha value is -3.55. The van der Waals surface area contributed by atoms with Crippen LogP contribution in [0.4, 0.5) is 21.9 Å². The molecule has 8 nitrogen and oxygen atoms in total. The van der Waals surface area contributed by atoms with Crippen molar-refractivity contribution >= 4 is 35.0 Å². The van der Waals surface area contributed by atoms with Crippen LogP contribution in [0.25, 0.3) is 0 Å². The first-order valence-electron chi connectivity index (χ1n) is 9.67. The molecule has 2 aromatic carbocycles. The number of hydrogen-bond donors (Lipinski definition) is 4. The van der Waals surface area contributed by atoms with E-state index in [4.69, 9.17) is 10.5 Å². The molecular formula is C22H26N4O4. The van der Waals surface area contributed by atoms with Crippen molar-refractivity contribution in [1.82, 2.24) is 5.32 Å². The fourth-order valence-corrected chi connectivity index (χ4v) is 2.79. The smallest absolute Gasteiger partial charge is 0.408 e. The van der Waals surface area contributed by atoms with E-state index in [2.05, 4.69) is 16.0 Å². The fourth-order valence-electron chi connectivity index (χ4n) is 2.79. The van der Waals surface area contributed by atoms with Crippen molar-refractivity contribution in [2.75, 3.05) is 16.4 Å². The van der Waals surface area contributed by atoms with Gasteiger partial charge in [0.15, 0.2) is 0 Å². The van der Waals surface area contributed by atoms with Gasteiger partial charge < -0.3 is 26.4 Å². The van der Waals surface area contributed by atoms with Gasteiger partial charge in [-0.1, -0.05) is 12.1 Å². The molecule has 1 aliphatic carbocycles. The summed E-state index contributed by atoms with van der Waals surface area (Å²) in [7, 11) is 0. The Morgan fingerprint density at radius 2 is 1.60 bits per heavy atom. The van der Waals surface area contributed by atoms with Gasteiger partial charge in [-0.25, -0.2) is 4.79 Å². The minimum absolute atomic E-state index is 0.309. The van der Waals surface area contributed by atoms with Gasteiger partial charge in [-0.3, -0.25) is 9.59 Å². The molecule has 0 radical (unpaired) electrons. The van der Waals surface area contributed by atoms with Crippen molar-refractivity contribution in [3.63, 3.8) is 0 Å². The minimum Gasteiger partial charge on any atom is -0.444 e. The third-order valence-corrected chi connectivity index (χ3v) is 4.54. The van der Waals surface area contributed by atoms with Gasteiger partial charge >= 0.3 is 6.09 Å². The molecule has 0 saturated heterocycles. The molecule has 30 heavy (non-hydrogen) atoms. The molecule has 1 saturated carbocycles. The van der Waals surface area contributed by atoms with Crippen LogP contribution >= 0.6 is 0 Å². The molecule has 1 aliphatic rings. The van der Waals surface area contributed by atoms with E-state index in [-0.39, 0.29) is 11.8 Å². The topological polar surface area (TPSA) is 123 Å². The summed E-state index contributed by atoms with van der Waals surface area (Å²) in [6.45, 7) is 5.28. The second-order valence-electron chi connectivity index (χ2n) is 8.28. The maximum Gasteiger partial charge on any atom is 0.408 e. The number of carbonyl (C=O) groups is 3. The molecule has 0 aliphatic heterocycles. The van der Waals surface area contributed by atoms with Crippen LogP contribution in [0.1, 0.15) is 44.0 Å². The highest BCUT2D eigenvalue weighted by Gasteiger charge is 2.52. The monoisotopic (exact) mass is 410 g/mol. The molecule has 0 bridgehead atoms. The number of benzene rings is 2. The third-order valence-electron chi connectivity index (χ3n) is 4.54. The lowest BCUT2D eigenvalue weighted by Crippen LogP contribution is -2.47. The van der Waals surface area contributed by atoms with Crippen LogP contribution in [0.5, 0.6) is 0 Å². The highest BCUT2D eigenvalue weighted by molar-refractivity contribution is 6.06. The molecule has 3 rings (SSSR count). The van der Waals surface area contributed by atoms with Gasteiger partial charge in [0.25, 0.3) is 5.91 Å². The predicted molar refractivity (Wildman–Crippen MR) is 115 cm³/mol. The molecule has 5 N–H and O–H groups in total. The van der Waals surface area contributed by atoms with Crippen LogP contribution in [0.3, 0.4) is 0 Å². The predicted octanol–water partition coefficient (Wildman–Crippen LogP) is 3.52. The molecule has 0 aromatic heterocycles. The Labute approximate surface area is 175 Å². The van der Waals surface area contributed by atoms with Gasteiger partial charge in [0.05, 0.1) is 11.4 Å². The lowest BCUT2D eigenvalue weighted by molar-refractivity contribution is -0.119. The molecule has 0 atom stereocenters. The number of amides is 3. The van der Waals surface area contributed by atoms with E-state index in [9.17, 15) is 14.4 Å². The maximum absolute atomic E-state index is 12.6. The summed E-state index contributed by atoms with van der Waals surface area (Å²) in [4.78, 5) is 37.0. The van der Waals surface area contributed by atoms with Crippen molar-refractivity contribution in [3.05, 3.63) is 54.1 Å². The van der Waals surface area contributed by atoms with E-state index in [0.717, 1.165) is 0 Å². The second kappa shape index (κ2) is 8.06. The quantitative estimate of drug-likeness (QED) is 0.562. The summed E-state index contributed by atoms with van der Waals surface area (Å²) in [6.07, 6.45) is 0.455. The maximum atomic E-state index is 12.6. The number of nitrogens with one attached hydrogen (secondary N) is 3. The van der Waals surface area contributed by atoms with Gasteiger partial charge in [0, 0.05) is 11.3 Å². The third kappa shape index (κ3) is 5.28. The molecular weight excluding hydrogens is 384 g/mol. The largest absolute Gasteiger partial charge is 0.444 e. The standard InChI is InChI=1S/C22H26N4O4/c1-21(2,3)30-20(29)26-22(12-13-22)19(28)24-15-10-8-14(9-11-15)18(27)25-17-7-5-4-6-16(17)23/h4-11H,12-13,23H2,1-3H3,(H,24,28)(H,25,27)(H,26,29). The number of para-hydroxylation sites is 2. The van der Waals surface area contributed by atoms with E-state index in [0.29, 0.717) is 35.5 Å². The first-order valence-corrected chi connectivity index (χ1v) is 9.67. The highest BCUT2D eigenvalue weighted by Crippen LogP contribution is 2.37. The number of nitrogens with two attached hydrogens (primary N) is 1. The van der Waals surface area contributed by atoms with E-state index in [1.54, 1.807) is 69.3 Å². The second-order valence-corrected chi connectivity index (χ2v) is 8.28. The molecule has 2 aromatic rings. The van der Waals surface area contributed by atoms with E-state index in [1.807, 2.05) is 0 Å². The average molecular weight is 410 g/mol. The van der Waals surface area contributed by atoms with Crippen LogP contribution in [0.15, 0.2) is 48.5 Å². The van der Waals surface area contributed by atoms with Gasteiger partial charge in [-0.15, -0.1) is 0 Å². The van der Waals surface area contributed by atoms with Gasteiger partial charge in [-0.2, -0.15) is 0 Å². The van der Waals surface area contributed by atoms with Gasteiger partial charge in [0.2, 0.25) is 5.91 Å². The van der Waals surface area contributed by atoms with Crippen molar-refractivity contribution in [1.29, 1.82) is 0 Å². The number of carbonyl (C=O) groups excluding carboxylic acids is 3. The van der Waals surface area contributed by atoms with Crippen LogP contribution in [0, 0.1) is 0 Å². The first kappa shape index (κ1) is 21.2. The molecule has 0 spiro atoms. The SMILES string of the molecule is CC(C)(C)OC(=O)NC1(C(=O)Nc2ccc(C(=O)Nc3ccccc3N)cc2)CC1. The summed E-state index contributed by atoms with van der Waals surface area (Å²) in [6, 6.07) is 13.4. The molecule has 158 valence electrons. The van der Waals surface area contributed by atoms with Crippen molar-refractivity contribution in [2.45, 2.75) is 44.8 Å². The zero-order valence-electron chi connectivity index (χ0n) is 17.2. The van der Waals surface area contributed by atoms with Crippen molar-refractivity contribution < 1.29 is 19.1 Å². The number of hydrogen-bond acceptors (Lipinski definition) is 5. The summed E-state index contributed by atoms with van der Waals surface area (Å²) in [5.74, 6) is -0.626. The van der Waals surface area contributed by atoms with E-state index < -0.39 is 17.2 Å². The van der Waals surface area contributed by atoms with Crippen LogP contribution in [-0.2, 0) is 9.53 Å². The summed E-state index contributed by atoms with van der Waals surface area (Å²) in [5, 5.41) is 8.18. The van der Waals surface area contributed by atoms with E-state index >= 15 is 0 Å². The number of nitrogen functional groups attached to an aromatic ring is 1. The first-order chi connectivity index (χ1) is 14.1. The molecule has 0 unspecified atom stereocenters. The Morgan fingerprint density at radius 1 is 0.967 bits per heavy atom. The zero-order chi connectivity index (χ0) is 21.9. The summed E-state index contributed by atoms with van der Waals surface area (Å²) >= 11 is 0. The number of alkyl carbamates (subject to hydrolysis) is 1. The van der Waals surface area contributed by atoms with Gasteiger partial charge in [0.1, 0.15) is 11.1 Å². The molecule has 3 amide bonds. The minimum atomic E-state index is -0.955. The van der Waals surface area contributed by atoms with Crippen LogP contribution < -0.4 is 21.7 Å². The Bertz CT molecular complexity index is 960. The molecule has 8 heteroatoms. The van der Waals surface area contributed by atoms with Crippen molar-refractivity contribution in [3.8, 4) is 0 Å². The highest BCUT2D eigenvalue weighted by atomic mass is 16.6. The zero-order valence-corrected chi connectivity index (χ0v) is 17.2. The fraction of sp³-hybridized carbons (Fsp3) is 0.318. The molecule has 0 heterocycles. The number of ether oxygens (including phenoxy) is 1. The Kier molecular flexibility index (Phi) is 5.69. The van der Waals surface area contributed by atoms with Crippen LogP contribution in [0.2, 0.25) is 0 Å². The van der Waals surface area contributed by atoms with Crippen LogP contribution in [-0.4, -0.2) is 29.0 Å². The molecule has 1 fully saturated rings. The summed E-state index contributed by atoms with van der Waals surface area (Å²) < 4.78 is 5.23. The van der Waals surface area contributed by atoms with Gasteiger partial charge in [-0.05, 0) is 70.0 Å². The lowest BCUT2D eigenvalue weighted by atomic mass is 10.1. The van der Waals surface area contributed by atoms with Crippen molar-refractivity contribution in [2.24, 2.45) is 0 Å². The Balaban J connectivity index is 1.59. The average Bonchev–Trinajstić information content (AvgIpc) is 3.43. The summed E-state index contributed by atoms with van der Waals surface area (Å²) in [5.41, 5.74) is 6.19. The Morgan fingerprint density at radius 3 is 2.17 bits per heavy atom. The van der Waals surface area contributed by atoms with E-state index in [1.165, 1.54) is 0 Å². The lowest BCUT2D eigenvalue weighted by Gasteiger charge is -2.23. The number of rotatable bonds is 5. The normalized spacial score (nSPS) is 14.4. The number of anilines is 3.